The summed E-state index contributed by atoms with van der Waals surface area (Å²) < 4.78 is 26.5. The molecule has 0 bridgehead atoms. The molecule has 0 aliphatic heterocycles. The lowest BCUT2D eigenvalue weighted by Crippen LogP contribution is -2.05. The summed E-state index contributed by atoms with van der Waals surface area (Å²) in [4.78, 5) is 18.8. The average molecular weight is 399 g/mol. The van der Waals surface area contributed by atoms with Crippen molar-refractivity contribution in [3.05, 3.63) is 76.1 Å². The summed E-state index contributed by atoms with van der Waals surface area (Å²) >= 11 is 0. The molecule has 1 aromatic heterocycles. The number of rotatable bonds is 8. The molecular formula is C20H19F2N5O2. The minimum Gasteiger partial charge on any atom is -0.334 e. The molecule has 0 aliphatic rings. The second kappa shape index (κ2) is 9.05. The van der Waals surface area contributed by atoms with Crippen LogP contribution in [0.3, 0.4) is 0 Å². The predicted molar refractivity (Wildman–Crippen MR) is 107 cm³/mol. The summed E-state index contributed by atoms with van der Waals surface area (Å²) in [5.74, 6) is -2.25. The molecule has 0 amide bonds. The summed E-state index contributed by atoms with van der Waals surface area (Å²) in [7, 11) is 0. The van der Waals surface area contributed by atoms with Crippen LogP contribution in [0.1, 0.15) is 25.3 Å². The van der Waals surface area contributed by atoms with Crippen LogP contribution in [-0.4, -0.2) is 14.9 Å². The van der Waals surface area contributed by atoms with Crippen molar-refractivity contribution in [1.82, 2.24) is 9.97 Å². The van der Waals surface area contributed by atoms with E-state index in [1.807, 2.05) is 24.3 Å². The van der Waals surface area contributed by atoms with Gasteiger partial charge in [-0.05, 0) is 42.7 Å². The fraction of sp³-hybridized carbons (Fsp3) is 0.200. The molecular weight excluding hydrogens is 380 g/mol. The van der Waals surface area contributed by atoms with Gasteiger partial charge in [0.2, 0.25) is 11.6 Å². The van der Waals surface area contributed by atoms with Crippen LogP contribution in [0.5, 0.6) is 0 Å². The quantitative estimate of drug-likeness (QED) is 0.384. The van der Waals surface area contributed by atoms with Crippen LogP contribution in [0.2, 0.25) is 0 Å². The van der Waals surface area contributed by atoms with Gasteiger partial charge < -0.3 is 10.6 Å². The lowest BCUT2D eigenvalue weighted by Gasteiger charge is -2.11. The van der Waals surface area contributed by atoms with Crippen molar-refractivity contribution in [3.8, 4) is 0 Å². The van der Waals surface area contributed by atoms with Crippen molar-refractivity contribution in [3.63, 3.8) is 0 Å². The highest BCUT2D eigenvalue weighted by atomic mass is 19.2. The summed E-state index contributed by atoms with van der Waals surface area (Å²) in [6.07, 6.45) is 4.30. The maximum Gasteiger partial charge on any atom is 0.353 e. The van der Waals surface area contributed by atoms with Crippen molar-refractivity contribution < 1.29 is 13.7 Å². The lowest BCUT2D eigenvalue weighted by atomic mass is 10.1. The number of anilines is 4. The van der Waals surface area contributed by atoms with Gasteiger partial charge in [-0.1, -0.05) is 25.5 Å². The van der Waals surface area contributed by atoms with Gasteiger partial charge in [0, 0.05) is 17.4 Å². The van der Waals surface area contributed by atoms with E-state index in [0.717, 1.165) is 37.7 Å². The van der Waals surface area contributed by atoms with Gasteiger partial charge in [-0.2, -0.15) is 0 Å². The van der Waals surface area contributed by atoms with Gasteiger partial charge in [-0.15, -0.1) is 0 Å². The molecule has 3 aromatic rings. The van der Waals surface area contributed by atoms with Crippen molar-refractivity contribution in [2.45, 2.75) is 26.2 Å². The highest BCUT2D eigenvalue weighted by Gasteiger charge is 2.23. The molecule has 0 saturated heterocycles. The molecule has 0 radical (unpaired) electrons. The molecule has 1 heterocycles. The molecule has 7 nitrogen and oxygen atoms in total. The number of benzene rings is 2. The van der Waals surface area contributed by atoms with E-state index in [9.17, 15) is 18.9 Å². The molecule has 9 heteroatoms. The highest BCUT2D eigenvalue weighted by molar-refractivity contribution is 5.76. The Balaban J connectivity index is 1.86. The second-order valence-corrected chi connectivity index (χ2v) is 6.36. The average Bonchev–Trinajstić information content (AvgIpc) is 2.70. The first kappa shape index (κ1) is 20.1. The highest BCUT2D eigenvalue weighted by Crippen LogP contribution is 2.33. The number of aromatic nitrogens is 2. The zero-order valence-electron chi connectivity index (χ0n) is 15.7. The van der Waals surface area contributed by atoms with Crippen LogP contribution in [0.4, 0.5) is 37.5 Å². The zero-order chi connectivity index (χ0) is 20.8. The molecule has 0 aliphatic carbocycles. The molecule has 2 aromatic carbocycles. The number of unbranched alkanes of at least 4 members (excludes halogenated alkanes) is 1. The Morgan fingerprint density at radius 3 is 2.17 bits per heavy atom. The third kappa shape index (κ3) is 5.01. The first-order chi connectivity index (χ1) is 14.0. The summed E-state index contributed by atoms with van der Waals surface area (Å²) in [5, 5.41) is 17.2. The second-order valence-electron chi connectivity index (χ2n) is 6.36. The van der Waals surface area contributed by atoms with E-state index in [0.29, 0.717) is 5.69 Å². The Bertz CT molecular complexity index is 1010. The number of hydrogen-bond acceptors (Lipinski definition) is 6. The first-order valence-corrected chi connectivity index (χ1v) is 9.05. The molecule has 150 valence electrons. The van der Waals surface area contributed by atoms with Crippen LogP contribution in [0.15, 0.2) is 48.8 Å². The van der Waals surface area contributed by atoms with Crippen LogP contribution in [-0.2, 0) is 6.42 Å². The molecule has 3 rings (SSSR count). The lowest BCUT2D eigenvalue weighted by molar-refractivity contribution is -0.383. The van der Waals surface area contributed by atoms with Crippen molar-refractivity contribution >= 4 is 28.7 Å². The van der Waals surface area contributed by atoms with Crippen molar-refractivity contribution in [1.29, 1.82) is 0 Å². The summed E-state index contributed by atoms with van der Waals surface area (Å²) in [6, 6.07) is 10.6. The Morgan fingerprint density at radius 2 is 1.59 bits per heavy atom. The molecule has 0 saturated carbocycles. The minimum atomic E-state index is -1.08. The Labute approximate surface area is 166 Å². The van der Waals surface area contributed by atoms with Gasteiger partial charge in [0.25, 0.3) is 0 Å². The third-order valence-electron chi connectivity index (χ3n) is 4.22. The topological polar surface area (TPSA) is 93.0 Å². The van der Waals surface area contributed by atoms with Gasteiger partial charge in [-0.3, -0.25) is 10.1 Å². The van der Waals surface area contributed by atoms with Crippen LogP contribution in [0.25, 0.3) is 0 Å². The fourth-order valence-corrected chi connectivity index (χ4v) is 2.72. The maximum atomic E-state index is 13.4. The molecule has 0 fully saturated rings. The Kier molecular flexibility index (Phi) is 6.28. The molecule has 2 N–H and O–H groups in total. The number of hydrogen-bond donors (Lipinski definition) is 2. The number of nitrogens with one attached hydrogen (secondary N) is 2. The van der Waals surface area contributed by atoms with E-state index in [1.165, 1.54) is 11.6 Å². The zero-order valence-corrected chi connectivity index (χ0v) is 15.7. The number of aryl methyl sites for hydroxylation is 1. The van der Waals surface area contributed by atoms with Gasteiger partial charge >= 0.3 is 5.69 Å². The van der Waals surface area contributed by atoms with Crippen LogP contribution < -0.4 is 10.6 Å². The normalized spacial score (nSPS) is 10.6. The van der Waals surface area contributed by atoms with Crippen molar-refractivity contribution in [2.75, 3.05) is 10.6 Å². The first-order valence-electron chi connectivity index (χ1n) is 9.05. The SMILES string of the molecule is CCCCc1ccc(Nc2ncnc(Nc3ccc(F)c(F)c3)c2[N+](=O)[O-])cc1. The summed E-state index contributed by atoms with van der Waals surface area (Å²) in [6.45, 7) is 2.12. The largest absolute Gasteiger partial charge is 0.353 e. The van der Waals surface area contributed by atoms with E-state index < -0.39 is 22.2 Å². The Hall–Kier alpha value is -3.62. The van der Waals surface area contributed by atoms with Crippen molar-refractivity contribution in [2.24, 2.45) is 0 Å². The minimum absolute atomic E-state index is 0.0172. The summed E-state index contributed by atoms with van der Waals surface area (Å²) in [5.41, 5.74) is 1.52. The third-order valence-corrected chi connectivity index (χ3v) is 4.22. The van der Waals surface area contributed by atoms with Gasteiger partial charge in [0.1, 0.15) is 6.33 Å². The smallest absolute Gasteiger partial charge is 0.334 e. The molecule has 29 heavy (non-hydrogen) atoms. The number of nitro groups is 1. The van der Waals surface area contributed by atoms with Gasteiger partial charge in [0.05, 0.1) is 4.92 Å². The van der Waals surface area contributed by atoms with E-state index in [-0.39, 0.29) is 17.3 Å². The Morgan fingerprint density at radius 1 is 0.966 bits per heavy atom. The number of nitrogens with zero attached hydrogens (tertiary/aromatic N) is 3. The standard InChI is InChI=1S/C20H19F2N5O2/c1-2-3-4-13-5-7-14(8-6-13)25-19-18(27(28)29)20(24-12-23-19)26-15-9-10-16(21)17(22)11-15/h5-12H,2-4H2,1H3,(H2,23,24,25,26). The molecule has 0 unspecified atom stereocenters. The van der Waals surface area contributed by atoms with Gasteiger partial charge in [-0.25, -0.2) is 18.7 Å². The fourth-order valence-electron chi connectivity index (χ4n) is 2.72. The van der Waals surface area contributed by atoms with E-state index in [2.05, 4.69) is 27.5 Å². The van der Waals surface area contributed by atoms with Crippen LogP contribution >= 0.6 is 0 Å². The maximum absolute atomic E-state index is 13.4. The van der Waals surface area contributed by atoms with Gasteiger partial charge in [0.15, 0.2) is 11.6 Å². The van der Waals surface area contributed by atoms with Crippen LogP contribution in [0, 0.1) is 21.7 Å². The van der Waals surface area contributed by atoms with E-state index in [4.69, 9.17) is 0 Å². The predicted octanol–water partition coefficient (Wildman–Crippen LogP) is 5.49. The molecule has 0 atom stereocenters. The molecule has 0 spiro atoms. The van der Waals surface area contributed by atoms with E-state index in [1.54, 1.807) is 0 Å². The monoisotopic (exact) mass is 399 g/mol. The van der Waals surface area contributed by atoms with E-state index >= 15 is 0 Å². The number of halogens is 2.